The van der Waals surface area contributed by atoms with Crippen LogP contribution >= 0.6 is 0 Å². The van der Waals surface area contributed by atoms with Gasteiger partial charge in [-0.3, -0.25) is 0 Å². The number of phenolic OH excluding ortho intramolecular Hbond substituents is 10. The zero-order chi connectivity index (χ0) is 85.3. The minimum absolute atomic E-state index is 0.0241. The van der Waals surface area contributed by atoms with Crippen molar-refractivity contribution in [3.05, 3.63) is 191 Å². The van der Waals surface area contributed by atoms with E-state index in [0.29, 0.717) is 33.4 Å². The summed E-state index contributed by atoms with van der Waals surface area (Å²) in [7, 11) is 0. The van der Waals surface area contributed by atoms with Crippen molar-refractivity contribution < 1.29 is 177 Å². The quantitative estimate of drug-likeness (QED) is 0.0254. The summed E-state index contributed by atoms with van der Waals surface area (Å²) in [6.07, 6.45) is 0.482. The Morgan fingerprint density at radius 3 is 0.839 bits per heavy atom. The van der Waals surface area contributed by atoms with Crippen LogP contribution in [-0.4, -0.2) is 237 Å². The fraction of sp³-hybridized carbons (Fsp3) is 0.293. The summed E-state index contributed by atoms with van der Waals surface area (Å²) in [6.45, 7) is 0. The highest BCUT2D eigenvalue weighted by Gasteiger charge is 2.63. The van der Waals surface area contributed by atoms with Crippen molar-refractivity contribution in [3.63, 3.8) is 0 Å². The highest BCUT2D eigenvalue weighted by Crippen LogP contribution is 2.45. The number of rotatable bonds is 18. The van der Waals surface area contributed by atoms with Crippen molar-refractivity contribution >= 4 is 96.1 Å². The molecule has 4 aliphatic carbocycles. The van der Waals surface area contributed by atoms with Gasteiger partial charge in [-0.15, -0.1) is 0 Å². The Morgan fingerprint density at radius 1 is 0.288 bits per heavy atom. The number of carbonyl (C=O) groups excluding carboxylic acids is 10. The summed E-state index contributed by atoms with van der Waals surface area (Å²) in [6, 6.07) is 28.1. The fourth-order valence-corrected chi connectivity index (χ4v) is 13.6. The number of benzene rings is 6. The van der Waals surface area contributed by atoms with Crippen molar-refractivity contribution in [2.45, 2.75) is 147 Å². The average Bonchev–Trinajstić information content (AvgIpc) is 1.63. The first-order valence-corrected chi connectivity index (χ1v) is 35.9. The van der Waals surface area contributed by atoms with E-state index < -0.39 is 155 Å². The molecule has 620 valence electrons. The van der Waals surface area contributed by atoms with E-state index in [9.17, 15) is 130 Å². The molecule has 4 aliphatic heterocycles. The summed E-state index contributed by atoms with van der Waals surface area (Å²) in [4.78, 5) is 121. The lowest BCUT2D eigenvalue weighted by Crippen LogP contribution is -2.51. The van der Waals surface area contributed by atoms with Crippen LogP contribution in [0.15, 0.2) is 158 Å². The summed E-state index contributed by atoms with van der Waals surface area (Å²) in [5.41, 5.74) is -4.20. The van der Waals surface area contributed by atoms with E-state index in [2.05, 4.69) is 0 Å². The molecule has 4 unspecified atom stereocenters. The summed E-state index contributed by atoms with van der Waals surface area (Å²) in [5, 5.41) is 155. The maximum atomic E-state index is 12.5. The number of aliphatic hydroxyl groups excluding tert-OH is 2. The van der Waals surface area contributed by atoms with Crippen molar-refractivity contribution in [2.24, 2.45) is 0 Å². The van der Waals surface area contributed by atoms with Gasteiger partial charge in [-0.25, -0.2) is 47.9 Å². The summed E-state index contributed by atoms with van der Waals surface area (Å²) in [5.74, 6) is -10.7. The zero-order valence-corrected chi connectivity index (χ0v) is 61.4. The highest BCUT2D eigenvalue weighted by atomic mass is 16.7. The number of phenols is 10. The Balaban J connectivity index is 0.000000157. The molecular weight excluding hydrogens is 1560 g/mol. The molecule has 4 saturated carbocycles. The maximum Gasteiger partial charge on any atom is 0.338 e. The van der Waals surface area contributed by atoms with Crippen LogP contribution in [0.2, 0.25) is 0 Å². The van der Waals surface area contributed by atoms with Crippen molar-refractivity contribution in [1.82, 2.24) is 0 Å². The van der Waals surface area contributed by atoms with Crippen molar-refractivity contribution in [2.75, 3.05) is 0 Å². The zero-order valence-electron chi connectivity index (χ0n) is 61.4. The lowest BCUT2D eigenvalue weighted by atomic mass is 9.82. The molecule has 4 saturated heterocycles. The minimum atomic E-state index is -1.88. The Bertz CT molecular complexity index is 5040. The maximum absolute atomic E-state index is 12.5. The van der Waals surface area contributed by atoms with E-state index in [4.69, 9.17) is 47.4 Å². The monoisotopic (exact) mass is 1640 g/mol. The molecule has 0 amide bonds. The topological polar surface area (TPSA) is 587 Å². The van der Waals surface area contributed by atoms with Gasteiger partial charge in [0, 0.05) is 87.8 Å². The van der Waals surface area contributed by atoms with Gasteiger partial charge in [0.05, 0.1) is 6.10 Å². The number of hydrogen-bond acceptors (Lipinski definition) is 36. The molecule has 36 heteroatoms. The molecular formula is C82H76O36. The van der Waals surface area contributed by atoms with E-state index in [0.717, 1.165) is 36.5 Å². The predicted octanol–water partition coefficient (Wildman–Crippen LogP) is 3.28. The van der Waals surface area contributed by atoms with Gasteiger partial charge in [0.25, 0.3) is 0 Å². The van der Waals surface area contributed by atoms with Crippen LogP contribution in [0.3, 0.4) is 0 Å². The smallest absolute Gasteiger partial charge is 0.338 e. The normalized spacial score (nSPS) is 28.1. The first kappa shape index (κ1) is 85.1. The molecule has 16 atom stereocenters. The van der Waals surface area contributed by atoms with Gasteiger partial charge in [0.1, 0.15) is 60.3 Å². The van der Waals surface area contributed by atoms with Gasteiger partial charge in [-0.05, 0) is 143 Å². The van der Waals surface area contributed by atoms with Gasteiger partial charge in [0.2, 0.25) is 0 Å². The van der Waals surface area contributed by atoms with Crippen LogP contribution in [0.4, 0.5) is 0 Å². The Hall–Kier alpha value is -13.8. The number of hydrogen-bond donors (Lipinski definition) is 16. The number of esters is 10. The number of fused-ring (bicyclic) bond motifs is 8. The minimum Gasteiger partial charge on any atom is -0.508 e. The molecule has 0 spiro atoms. The highest BCUT2D eigenvalue weighted by molar-refractivity contribution is 5.92. The van der Waals surface area contributed by atoms with E-state index in [1.807, 2.05) is 0 Å². The lowest BCUT2D eigenvalue weighted by Gasteiger charge is -2.35. The molecule has 8 fully saturated rings. The third-order valence-electron chi connectivity index (χ3n) is 19.7. The second-order valence-corrected chi connectivity index (χ2v) is 28.4. The average molecular weight is 1640 g/mol. The predicted molar refractivity (Wildman–Crippen MR) is 397 cm³/mol. The molecule has 0 radical (unpaired) electrons. The SMILES string of the molecule is O=C(/C=C/c1ccc(O)c(O)c1)O[C@H]1C2C[C@@](O)(C[C@@H]1O)C(=O)O2.O=C(/C=C/c1ccc(O)c(O)c1)O[C@H]1C[C@]2(O)CC(OC2=O)[C@@H]1O.O=C(/C=C/c1ccc(O)c(O)c1)O[C@H]1C[C@]2(O)CC(OC2=O)[C@@H]1OC(=O)/C=C/c1ccc(O)c(O)c1.O=C(/C=C/c1ccc(O)cc1)O[C@H]1C[C@]2(O)CC(OC2=O)[C@@H]1OC(=O)/C=C/c1ccc(O)cc1. The second kappa shape index (κ2) is 35.5. The fourth-order valence-electron chi connectivity index (χ4n) is 13.6. The third-order valence-corrected chi connectivity index (χ3v) is 19.7. The van der Waals surface area contributed by atoms with Gasteiger partial charge < -0.3 is 129 Å². The van der Waals surface area contributed by atoms with E-state index >= 15 is 0 Å². The Morgan fingerprint density at radius 2 is 0.525 bits per heavy atom. The molecule has 6 aromatic carbocycles. The lowest BCUT2D eigenvalue weighted by molar-refractivity contribution is -0.178. The van der Waals surface area contributed by atoms with Gasteiger partial charge >= 0.3 is 59.7 Å². The van der Waals surface area contributed by atoms with Gasteiger partial charge in [-0.2, -0.15) is 0 Å². The Labute approximate surface area is 666 Å². The van der Waals surface area contributed by atoms with Crippen molar-refractivity contribution in [3.8, 4) is 57.5 Å². The molecule has 8 aliphatic rings. The van der Waals surface area contributed by atoms with Crippen LogP contribution in [0.5, 0.6) is 57.5 Å². The number of aliphatic hydroxyl groups is 6. The van der Waals surface area contributed by atoms with Crippen LogP contribution < -0.4 is 0 Å². The molecule has 8 bridgehead atoms. The van der Waals surface area contributed by atoms with Crippen LogP contribution in [-0.2, 0) is 95.3 Å². The number of ether oxygens (including phenoxy) is 10. The molecule has 6 aromatic rings. The van der Waals surface area contributed by atoms with Crippen LogP contribution in [0.25, 0.3) is 36.5 Å². The largest absolute Gasteiger partial charge is 0.508 e. The summed E-state index contributed by atoms with van der Waals surface area (Å²) < 4.78 is 52.0. The molecule has 16 N–H and O–H groups in total. The van der Waals surface area contributed by atoms with E-state index in [-0.39, 0.29) is 109 Å². The molecule has 14 rings (SSSR count). The second-order valence-electron chi connectivity index (χ2n) is 28.4. The number of carbonyl (C=O) groups is 10. The summed E-state index contributed by atoms with van der Waals surface area (Å²) >= 11 is 0. The Kier molecular flexibility index (Phi) is 25.6. The van der Waals surface area contributed by atoms with E-state index in [1.165, 1.54) is 134 Å². The third kappa shape index (κ3) is 20.8. The van der Waals surface area contributed by atoms with Crippen LogP contribution in [0.1, 0.15) is 84.7 Å². The molecule has 0 aromatic heterocycles. The number of aromatic hydroxyl groups is 10. The van der Waals surface area contributed by atoms with Gasteiger partial charge in [0.15, 0.2) is 86.7 Å². The first-order valence-electron chi connectivity index (χ1n) is 35.9. The molecule has 4 heterocycles. The standard InChI is InChI=1S/C25H22O11.C25H22O9.2C16H16O8/c26-15-5-1-13(9-17(15)28)3-7-21(30)34-19-11-25(33)12-20(35-24(25)32)23(19)36-22(31)8-4-14-2-6-16(27)18(29)10-14;26-17-7-1-15(2-8-17)5-11-21(28)32-19-13-25(31)14-20(33-24(25)30)23(19)34-22(29)12-6-16-3-9-18(27)10-4-16;17-9-3-1-8(5-10(9)18)2-4-13(19)23-11-6-16(22)7-12(14(11)20)24-15(16)21;17-9-3-1-8(5-10(9)18)2-4-13(20)24-14-11(19)6-16(22)7-12(14)23-15(16)21/h1-10,19-20,23,26-29,33H,11-12H2;1-12,19-20,23,26-27,31H,13-14H2;1-5,11-12,14,17-18,20,22H,6-7H2;1-5,11-12,14,17-19,22H,6-7H2/b7-3+,8-4+;11-5+,12-6+;2*4-2+/t2*19-,20?,23+,25-;2*11-,12?,14+,16-/m0000/s1. The van der Waals surface area contributed by atoms with Gasteiger partial charge in [-0.1, -0.05) is 48.5 Å². The molecule has 118 heavy (non-hydrogen) atoms. The molecule has 36 nitrogen and oxygen atoms in total. The van der Waals surface area contributed by atoms with E-state index in [1.54, 1.807) is 24.3 Å². The first-order chi connectivity index (χ1) is 55.8. The van der Waals surface area contributed by atoms with Crippen LogP contribution in [0, 0.1) is 0 Å². The van der Waals surface area contributed by atoms with Crippen molar-refractivity contribution in [1.29, 1.82) is 0 Å².